The molecule has 0 saturated heterocycles. The van der Waals surface area contributed by atoms with Crippen molar-refractivity contribution in [1.29, 1.82) is 0 Å². The fourth-order valence-corrected chi connectivity index (χ4v) is 1.86. The Labute approximate surface area is 129 Å². The van der Waals surface area contributed by atoms with Crippen molar-refractivity contribution in [3.8, 4) is 0 Å². The lowest BCUT2D eigenvalue weighted by Gasteiger charge is -2.21. The normalized spacial score (nSPS) is 11.1. The van der Waals surface area contributed by atoms with Crippen LogP contribution in [0.2, 0.25) is 0 Å². The largest absolute Gasteiger partial charge is 0.360 e. The maximum atomic E-state index is 11.4. The van der Waals surface area contributed by atoms with E-state index in [2.05, 4.69) is 20.6 Å². The number of nitrogens with one attached hydrogen (secondary N) is 2. The second-order valence-corrected chi connectivity index (χ2v) is 6.04. The maximum absolute atomic E-state index is 11.4. The zero-order valence-corrected chi connectivity index (χ0v) is 13.0. The van der Waals surface area contributed by atoms with Gasteiger partial charge in [0.15, 0.2) is 0 Å². The molecule has 0 amide bonds. The van der Waals surface area contributed by atoms with Gasteiger partial charge in [-0.2, -0.15) is 0 Å². The number of nitrogens with zero attached hydrogens (tertiary/aromatic N) is 3. The van der Waals surface area contributed by atoms with Crippen molar-refractivity contribution in [3.05, 3.63) is 46.3 Å². The monoisotopic (exact) mass is 301 g/mol. The second kappa shape index (κ2) is 5.97. The molecule has 0 spiro atoms. The lowest BCUT2D eigenvalue weighted by atomic mass is 10.1. The molecule has 0 atom stereocenters. The highest BCUT2D eigenvalue weighted by Gasteiger charge is 2.25. The molecule has 0 radical (unpaired) electrons. The van der Waals surface area contributed by atoms with Gasteiger partial charge >= 0.3 is 5.69 Å². The molecule has 0 saturated carbocycles. The summed E-state index contributed by atoms with van der Waals surface area (Å²) >= 11 is 0. The van der Waals surface area contributed by atoms with Crippen LogP contribution in [0.4, 0.5) is 23.0 Å². The molecule has 22 heavy (non-hydrogen) atoms. The van der Waals surface area contributed by atoms with Crippen LogP contribution in [-0.2, 0) is 0 Å². The lowest BCUT2D eigenvalue weighted by Crippen LogP contribution is -2.27. The molecule has 0 aliphatic heterocycles. The molecular formula is C15H19N5O2. The van der Waals surface area contributed by atoms with Crippen LogP contribution in [0.1, 0.15) is 26.3 Å². The van der Waals surface area contributed by atoms with Gasteiger partial charge in [-0.05, 0) is 39.8 Å². The summed E-state index contributed by atoms with van der Waals surface area (Å²) in [5.74, 6) is 0.359. The number of hydrogen-bond donors (Lipinski definition) is 2. The topological polar surface area (TPSA) is 93.0 Å². The second-order valence-electron chi connectivity index (χ2n) is 6.04. The zero-order chi connectivity index (χ0) is 16.3. The van der Waals surface area contributed by atoms with E-state index < -0.39 is 4.92 Å². The summed E-state index contributed by atoms with van der Waals surface area (Å²) < 4.78 is 0. The Hall–Kier alpha value is -2.70. The summed E-state index contributed by atoms with van der Waals surface area (Å²) in [6.07, 6.45) is 1.30. The van der Waals surface area contributed by atoms with Gasteiger partial charge in [0.2, 0.25) is 11.6 Å². The quantitative estimate of drug-likeness (QED) is 0.661. The molecule has 116 valence electrons. The molecule has 2 aromatic rings. The van der Waals surface area contributed by atoms with Crippen LogP contribution in [0.15, 0.2) is 30.6 Å². The number of rotatable bonds is 4. The Bertz CT molecular complexity index is 677. The summed E-state index contributed by atoms with van der Waals surface area (Å²) in [5.41, 5.74) is 1.32. The molecule has 0 aliphatic rings. The first-order valence-electron chi connectivity index (χ1n) is 6.87. The minimum absolute atomic E-state index is 0.163. The fourth-order valence-electron chi connectivity index (χ4n) is 1.86. The van der Waals surface area contributed by atoms with Gasteiger partial charge in [-0.3, -0.25) is 10.1 Å². The third kappa shape index (κ3) is 3.91. The third-order valence-corrected chi connectivity index (χ3v) is 2.81. The Kier molecular flexibility index (Phi) is 4.25. The van der Waals surface area contributed by atoms with Gasteiger partial charge in [0.1, 0.15) is 6.33 Å². The van der Waals surface area contributed by atoms with Crippen LogP contribution >= 0.6 is 0 Å². The van der Waals surface area contributed by atoms with Crippen molar-refractivity contribution in [2.45, 2.75) is 33.2 Å². The van der Waals surface area contributed by atoms with E-state index in [1.807, 2.05) is 52.0 Å². The molecular weight excluding hydrogens is 282 g/mol. The van der Waals surface area contributed by atoms with Crippen molar-refractivity contribution < 1.29 is 4.92 Å². The third-order valence-electron chi connectivity index (χ3n) is 2.81. The molecule has 7 nitrogen and oxygen atoms in total. The molecule has 1 heterocycles. The SMILES string of the molecule is Cc1ccc(Nc2ncnc(NC(C)(C)C)c2[N+](=O)[O-])cc1. The lowest BCUT2D eigenvalue weighted by molar-refractivity contribution is -0.383. The Morgan fingerprint density at radius 1 is 1.09 bits per heavy atom. The summed E-state index contributed by atoms with van der Waals surface area (Å²) in [7, 11) is 0. The van der Waals surface area contributed by atoms with E-state index in [1.54, 1.807) is 0 Å². The molecule has 0 fully saturated rings. The smallest absolute Gasteiger partial charge is 0.353 e. The highest BCUT2D eigenvalue weighted by molar-refractivity contribution is 5.74. The van der Waals surface area contributed by atoms with Crippen molar-refractivity contribution in [2.75, 3.05) is 10.6 Å². The predicted molar refractivity (Wildman–Crippen MR) is 86.5 cm³/mol. The first-order chi connectivity index (χ1) is 10.3. The molecule has 0 bridgehead atoms. The predicted octanol–water partition coefficient (Wildman–Crippen LogP) is 3.65. The highest BCUT2D eigenvalue weighted by atomic mass is 16.6. The molecule has 1 aromatic heterocycles. The maximum Gasteiger partial charge on any atom is 0.353 e. The van der Waals surface area contributed by atoms with E-state index in [1.165, 1.54) is 6.33 Å². The standard InChI is InChI=1S/C15H19N5O2/c1-10-5-7-11(8-6-10)18-13-12(20(21)22)14(17-9-16-13)19-15(2,3)4/h5-9H,1-4H3,(H2,16,17,18,19). The summed E-state index contributed by atoms with van der Waals surface area (Å²) in [6.45, 7) is 7.70. The van der Waals surface area contributed by atoms with E-state index in [4.69, 9.17) is 0 Å². The average molecular weight is 301 g/mol. The number of anilines is 3. The Morgan fingerprint density at radius 3 is 2.23 bits per heavy atom. The van der Waals surface area contributed by atoms with Gasteiger partial charge in [0, 0.05) is 11.2 Å². The number of hydrogen-bond acceptors (Lipinski definition) is 6. The molecule has 7 heteroatoms. The van der Waals surface area contributed by atoms with Gasteiger partial charge in [-0.25, -0.2) is 9.97 Å². The first-order valence-corrected chi connectivity index (χ1v) is 6.87. The summed E-state index contributed by atoms with van der Waals surface area (Å²) in [5, 5.41) is 17.4. The highest BCUT2D eigenvalue weighted by Crippen LogP contribution is 2.32. The van der Waals surface area contributed by atoms with Gasteiger partial charge < -0.3 is 10.6 Å². The zero-order valence-electron chi connectivity index (χ0n) is 13.0. The van der Waals surface area contributed by atoms with Crippen LogP contribution in [0.5, 0.6) is 0 Å². The minimum atomic E-state index is -0.482. The Morgan fingerprint density at radius 2 is 1.68 bits per heavy atom. The van der Waals surface area contributed by atoms with E-state index in [0.29, 0.717) is 0 Å². The van der Waals surface area contributed by atoms with E-state index in [0.717, 1.165) is 11.3 Å². The number of aromatic nitrogens is 2. The van der Waals surface area contributed by atoms with E-state index in [9.17, 15) is 10.1 Å². The number of aryl methyl sites for hydroxylation is 1. The van der Waals surface area contributed by atoms with Crippen molar-refractivity contribution in [1.82, 2.24) is 9.97 Å². The molecule has 2 N–H and O–H groups in total. The summed E-state index contributed by atoms with van der Waals surface area (Å²) in [4.78, 5) is 18.9. The van der Waals surface area contributed by atoms with Crippen LogP contribution in [0.3, 0.4) is 0 Å². The van der Waals surface area contributed by atoms with Crippen molar-refractivity contribution >= 4 is 23.0 Å². The van der Waals surface area contributed by atoms with Crippen molar-refractivity contribution in [3.63, 3.8) is 0 Å². The molecule has 1 aromatic carbocycles. The summed E-state index contributed by atoms with van der Waals surface area (Å²) in [6, 6.07) is 7.53. The first kappa shape index (κ1) is 15.7. The van der Waals surface area contributed by atoms with E-state index >= 15 is 0 Å². The minimum Gasteiger partial charge on any atom is -0.360 e. The number of nitro groups is 1. The molecule has 0 aliphatic carbocycles. The van der Waals surface area contributed by atoms with Gasteiger partial charge in [0.05, 0.1) is 4.92 Å². The van der Waals surface area contributed by atoms with Crippen LogP contribution in [0, 0.1) is 17.0 Å². The van der Waals surface area contributed by atoms with Crippen LogP contribution < -0.4 is 10.6 Å². The molecule has 2 rings (SSSR count). The van der Waals surface area contributed by atoms with E-state index in [-0.39, 0.29) is 22.9 Å². The fraction of sp³-hybridized carbons (Fsp3) is 0.333. The van der Waals surface area contributed by atoms with Gasteiger partial charge in [-0.15, -0.1) is 0 Å². The Balaban J connectivity index is 2.40. The van der Waals surface area contributed by atoms with Gasteiger partial charge in [0.25, 0.3) is 0 Å². The number of benzene rings is 1. The van der Waals surface area contributed by atoms with Crippen LogP contribution in [-0.4, -0.2) is 20.4 Å². The average Bonchev–Trinajstić information content (AvgIpc) is 2.39. The van der Waals surface area contributed by atoms with Crippen LogP contribution in [0.25, 0.3) is 0 Å². The molecule has 0 unspecified atom stereocenters. The van der Waals surface area contributed by atoms with Crippen molar-refractivity contribution in [2.24, 2.45) is 0 Å². The van der Waals surface area contributed by atoms with Gasteiger partial charge in [-0.1, -0.05) is 17.7 Å².